The van der Waals surface area contributed by atoms with Gasteiger partial charge in [0.15, 0.2) is 0 Å². The predicted octanol–water partition coefficient (Wildman–Crippen LogP) is 4.59. The molecule has 0 bridgehead atoms. The first kappa shape index (κ1) is 20.3. The zero-order valence-electron chi connectivity index (χ0n) is 17.2. The molecule has 0 saturated carbocycles. The van der Waals surface area contributed by atoms with Gasteiger partial charge in [-0.1, -0.05) is 29.8 Å². The lowest BCUT2D eigenvalue weighted by atomic mass is 10.1. The number of hydrogen-bond donors (Lipinski definition) is 1. The Balaban J connectivity index is 1.35. The first-order chi connectivity index (χ1) is 14.0. The number of aromatic nitrogens is 1. The predicted molar refractivity (Wildman–Crippen MR) is 122 cm³/mol. The zero-order chi connectivity index (χ0) is 20.4. The highest BCUT2D eigenvalue weighted by Gasteiger charge is 2.22. The van der Waals surface area contributed by atoms with Crippen LogP contribution in [-0.2, 0) is 24.2 Å². The Hall–Kier alpha value is -2.02. The lowest BCUT2D eigenvalue weighted by Gasteiger charge is -2.32. The van der Waals surface area contributed by atoms with Crippen molar-refractivity contribution in [3.05, 3.63) is 61.6 Å². The smallest absolute Gasteiger partial charge is 0.225 e. The summed E-state index contributed by atoms with van der Waals surface area (Å²) in [5, 5.41) is 6.32. The van der Waals surface area contributed by atoms with Crippen molar-refractivity contribution in [3.8, 4) is 11.3 Å². The highest BCUT2D eigenvalue weighted by atomic mass is 32.1. The molecule has 0 spiro atoms. The fourth-order valence-corrected chi connectivity index (χ4v) is 5.62. The molecule has 1 aliphatic heterocycles. The number of nitrogens with one attached hydrogen (secondary N) is 1. The molecule has 1 N–H and O–H groups in total. The number of benzene rings is 1. The maximum atomic E-state index is 12.7. The first-order valence-corrected chi connectivity index (χ1v) is 11.8. The minimum Gasteiger partial charge on any atom is -0.354 e. The third-order valence-electron chi connectivity index (χ3n) is 5.51. The molecule has 1 unspecified atom stereocenters. The van der Waals surface area contributed by atoms with Crippen LogP contribution in [0.4, 0.5) is 0 Å². The second-order valence-electron chi connectivity index (χ2n) is 7.79. The van der Waals surface area contributed by atoms with E-state index in [-0.39, 0.29) is 5.91 Å². The van der Waals surface area contributed by atoms with Gasteiger partial charge in [0.25, 0.3) is 0 Å². The van der Waals surface area contributed by atoms with E-state index in [1.54, 1.807) is 11.3 Å². The molecule has 1 aliphatic rings. The Labute approximate surface area is 180 Å². The van der Waals surface area contributed by atoms with Gasteiger partial charge >= 0.3 is 0 Å². The average Bonchev–Trinajstić information content (AvgIpc) is 3.32. The lowest BCUT2D eigenvalue weighted by molar-refractivity contribution is -0.120. The molecule has 0 saturated heterocycles. The molecule has 4 nitrogen and oxygen atoms in total. The molecule has 0 aliphatic carbocycles. The highest BCUT2D eigenvalue weighted by molar-refractivity contribution is 7.12. The fourth-order valence-electron chi connectivity index (χ4n) is 3.77. The number of thiazole rings is 1. The number of rotatable bonds is 6. The first-order valence-electron chi connectivity index (χ1n) is 10.1. The third-order valence-corrected chi connectivity index (χ3v) is 7.50. The van der Waals surface area contributed by atoms with Crippen molar-refractivity contribution in [1.29, 1.82) is 0 Å². The van der Waals surface area contributed by atoms with Gasteiger partial charge in [-0.3, -0.25) is 9.69 Å². The molecule has 6 heteroatoms. The van der Waals surface area contributed by atoms with E-state index in [1.165, 1.54) is 16.0 Å². The van der Waals surface area contributed by atoms with Crippen molar-refractivity contribution in [2.75, 3.05) is 13.1 Å². The van der Waals surface area contributed by atoms with Crippen molar-refractivity contribution in [2.24, 2.45) is 0 Å². The molecule has 152 valence electrons. The molecule has 0 radical (unpaired) electrons. The zero-order valence-corrected chi connectivity index (χ0v) is 18.8. The molecule has 1 atom stereocenters. The largest absolute Gasteiger partial charge is 0.354 e. The van der Waals surface area contributed by atoms with E-state index in [1.807, 2.05) is 18.3 Å². The van der Waals surface area contributed by atoms with Crippen LogP contribution in [0.1, 0.15) is 32.8 Å². The van der Waals surface area contributed by atoms with Crippen molar-refractivity contribution in [3.63, 3.8) is 0 Å². The summed E-state index contributed by atoms with van der Waals surface area (Å²) in [7, 11) is 0. The minimum atomic E-state index is 0.0714. The van der Waals surface area contributed by atoms with E-state index in [2.05, 4.69) is 64.8 Å². The van der Waals surface area contributed by atoms with E-state index < -0.39 is 0 Å². The standard InChI is InChI=1S/C23H27N3OS2/c1-15-4-6-18(7-5-15)23-21(29-17(3)25-23)12-22(27)24-13-16(2)26-10-8-20-19(14-26)9-11-28-20/h4-7,9,11,16H,8,10,12-14H2,1-3H3,(H,24,27). The van der Waals surface area contributed by atoms with Gasteiger partial charge in [-0.25, -0.2) is 4.98 Å². The Bertz CT molecular complexity index is 990. The van der Waals surface area contributed by atoms with Gasteiger partial charge in [0.2, 0.25) is 5.91 Å². The summed E-state index contributed by atoms with van der Waals surface area (Å²) in [6.07, 6.45) is 1.50. The molecular weight excluding hydrogens is 398 g/mol. The maximum absolute atomic E-state index is 12.7. The Morgan fingerprint density at radius 2 is 2.03 bits per heavy atom. The monoisotopic (exact) mass is 425 g/mol. The summed E-state index contributed by atoms with van der Waals surface area (Å²) in [5.41, 5.74) is 4.69. The van der Waals surface area contributed by atoms with E-state index in [4.69, 9.17) is 0 Å². The highest BCUT2D eigenvalue weighted by Crippen LogP contribution is 2.29. The van der Waals surface area contributed by atoms with Crippen LogP contribution in [0.25, 0.3) is 11.3 Å². The summed E-state index contributed by atoms with van der Waals surface area (Å²) in [5.74, 6) is 0.0714. The summed E-state index contributed by atoms with van der Waals surface area (Å²) >= 11 is 3.48. The third kappa shape index (κ3) is 4.77. The Morgan fingerprint density at radius 3 is 2.83 bits per heavy atom. The number of nitrogens with zero attached hydrogens (tertiary/aromatic N) is 2. The van der Waals surface area contributed by atoms with E-state index in [0.29, 0.717) is 19.0 Å². The second kappa shape index (κ2) is 8.78. The van der Waals surface area contributed by atoms with Crippen LogP contribution in [0.2, 0.25) is 0 Å². The number of carbonyl (C=O) groups excluding carboxylic acids is 1. The minimum absolute atomic E-state index is 0.0714. The molecule has 0 fully saturated rings. The summed E-state index contributed by atoms with van der Waals surface area (Å²) in [6, 6.07) is 10.9. The summed E-state index contributed by atoms with van der Waals surface area (Å²) in [6.45, 7) is 9.01. The van der Waals surface area contributed by atoms with E-state index in [0.717, 1.165) is 40.7 Å². The average molecular weight is 426 g/mol. The van der Waals surface area contributed by atoms with Crippen molar-refractivity contribution in [2.45, 2.75) is 46.2 Å². The van der Waals surface area contributed by atoms with Crippen LogP contribution in [0.5, 0.6) is 0 Å². The molecule has 29 heavy (non-hydrogen) atoms. The lowest BCUT2D eigenvalue weighted by Crippen LogP contribution is -2.44. The maximum Gasteiger partial charge on any atom is 0.225 e. The molecule has 3 heterocycles. The molecule has 1 amide bonds. The van der Waals surface area contributed by atoms with Crippen LogP contribution in [-0.4, -0.2) is 34.9 Å². The number of carbonyl (C=O) groups is 1. The van der Waals surface area contributed by atoms with Crippen LogP contribution in [0.15, 0.2) is 35.7 Å². The Kier molecular flexibility index (Phi) is 6.13. The summed E-state index contributed by atoms with van der Waals surface area (Å²) < 4.78 is 0. The molecule has 4 rings (SSSR count). The van der Waals surface area contributed by atoms with E-state index in [9.17, 15) is 4.79 Å². The number of fused-ring (bicyclic) bond motifs is 1. The summed E-state index contributed by atoms with van der Waals surface area (Å²) in [4.78, 5) is 22.4. The van der Waals surface area contributed by atoms with Crippen molar-refractivity contribution < 1.29 is 4.79 Å². The molecular formula is C23H27N3OS2. The van der Waals surface area contributed by atoms with Crippen LogP contribution in [0, 0.1) is 13.8 Å². The number of amides is 1. The second-order valence-corrected chi connectivity index (χ2v) is 10.1. The van der Waals surface area contributed by atoms with Gasteiger partial charge in [0.05, 0.1) is 17.1 Å². The van der Waals surface area contributed by atoms with Gasteiger partial charge in [-0.05, 0) is 44.2 Å². The quantitative estimate of drug-likeness (QED) is 0.628. The van der Waals surface area contributed by atoms with Crippen molar-refractivity contribution in [1.82, 2.24) is 15.2 Å². The number of thiophene rings is 1. The van der Waals surface area contributed by atoms with Crippen LogP contribution in [0.3, 0.4) is 0 Å². The Morgan fingerprint density at radius 1 is 1.24 bits per heavy atom. The molecule has 2 aromatic heterocycles. The SMILES string of the molecule is Cc1ccc(-c2nc(C)sc2CC(=O)NCC(C)N2CCc3sccc3C2)cc1. The normalized spacial score (nSPS) is 15.1. The van der Waals surface area contributed by atoms with Gasteiger partial charge in [-0.15, -0.1) is 22.7 Å². The van der Waals surface area contributed by atoms with Gasteiger partial charge in [0.1, 0.15) is 0 Å². The molecule has 1 aromatic carbocycles. The van der Waals surface area contributed by atoms with Gasteiger partial charge in [0, 0.05) is 41.0 Å². The van der Waals surface area contributed by atoms with Gasteiger partial charge < -0.3 is 5.32 Å². The van der Waals surface area contributed by atoms with E-state index >= 15 is 0 Å². The number of hydrogen-bond acceptors (Lipinski definition) is 5. The van der Waals surface area contributed by atoms with Crippen LogP contribution < -0.4 is 5.32 Å². The van der Waals surface area contributed by atoms with Gasteiger partial charge in [-0.2, -0.15) is 0 Å². The fraction of sp³-hybridized carbons (Fsp3) is 0.391. The van der Waals surface area contributed by atoms with Crippen LogP contribution >= 0.6 is 22.7 Å². The number of aryl methyl sites for hydroxylation is 2. The van der Waals surface area contributed by atoms with Crippen molar-refractivity contribution >= 4 is 28.6 Å². The topological polar surface area (TPSA) is 45.2 Å². The molecule has 3 aromatic rings.